The molecule has 0 atom stereocenters. The van der Waals surface area contributed by atoms with Gasteiger partial charge >= 0.3 is 5.69 Å². The maximum Gasteiger partial charge on any atom is 0.329 e. The van der Waals surface area contributed by atoms with Gasteiger partial charge in [-0.25, -0.2) is 9.78 Å². The largest absolute Gasteiger partial charge is 0.493 e. The van der Waals surface area contributed by atoms with Crippen LogP contribution in [-0.2, 0) is 7.05 Å². The van der Waals surface area contributed by atoms with E-state index < -0.39 is 17.2 Å². The molecule has 2 heterocycles. The van der Waals surface area contributed by atoms with E-state index in [1.54, 1.807) is 20.1 Å². The van der Waals surface area contributed by atoms with E-state index in [1.807, 2.05) is 19.1 Å². The third kappa shape index (κ3) is 4.13. The highest BCUT2D eigenvalue weighted by atomic mass is 16.5. The Balaban J connectivity index is 1.77. The Kier molecular flexibility index (Phi) is 5.67. The van der Waals surface area contributed by atoms with Crippen molar-refractivity contribution in [3.63, 3.8) is 0 Å². The number of hydrogen-bond donors (Lipinski definition) is 2. The molecule has 0 spiro atoms. The van der Waals surface area contributed by atoms with E-state index in [-0.39, 0.29) is 29.7 Å². The van der Waals surface area contributed by atoms with Crippen molar-refractivity contribution in [3.05, 3.63) is 61.9 Å². The van der Waals surface area contributed by atoms with Crippen LogP contribution in [0, 0.1) is 13.8 Å². The lowest BCUT2D eigenvalue weighted by atomic mass is 10.1. The quantitative estimate of drug-likeness (QED) is 0.600. The fraction of sp³-hybridized carbons (Fsp3) is 0.300. The zero-order chi connectivity index (χ0) is 21.1. The Morgan fingerprint density at radius 2 is 1.97 bits per heavy atom. The van der Waals surface area contributed by atoms with Gasteiger partial charge in [-0.15, -0.1) is 0 Å². The number of hydrogen-bond acceptors (Lipinski definition) is 6. The molecule has 0 aliphatic carbocycles. The van der Waals surface area contributed by atoms with Gasteiger partial charge < -0.3 is 14.8 Å². The van der Waals surface area contributed by atoms with E-state index in [0.29, 0.717) is 17.2 Å². The molecule has 0 radical (unpaired) electrons. The molecule has 0 saturated heterocycles. The zero-order valence-corrected chi connectivity index (χ0v) is 16.7. The first-order valence-electron chi connectivity index (χ1n) is 8.98. The maximum absolute atomic E-state index is 12.7. The number of H-pyrrole nitrogens is 1. The molecule has 152 valence electrons. The van der Waals surface area contributed by atoms with Crippen LogP contribution in [0.25, 0.3) is 11.0 Å². The molecule has 0 aliphatic heterocycles. The molecule has 0 bridgehead atoms. The van der Waals surface area contributed by atoms with Crippen LogP contribution >= 0.6 is 0 Å². The minimum atomic E-state index is -0.651. The Morgan fingerprint density at radius 1 is 1.21 bits per heavy atom. The van der Waals surface area contributed by atoms with Crippen LogP contribution < -0.4 is 26.0 Å². The molecule has 9 nitrogen and oxygen atoms in total. The summed E-state index contributed by atoms with van der Waals surface area (Å²) in [6.45, 7) is 4.06. The number of carbonyl (C=O) groups excluding carboxylic acids is 1. The Bertz CT molecular complexity index is 1200. The number of fused-ring (bicyclic) bond motifs is 1. The first-order valence-corrected chi connectivity index (χ1v) is 8.98. The SMILES string of the molecule is COc1cc(C)ccc1OCCNC(=O)c1cc(C)nc2c1c(=O)[nH]c(=O)n2C. The van der Waals surface area contributed by atoms with Crippen LogP contribution in [0.5, 0.6) is 11.5 Å². The van der Waals surface area contributed by atoms with Gasteiger partial charge in [0.25, 0.3) is 11.5 Å². The van der Waals surface area contributed by atoms with Gasteiger partial charge in [0.15, 0.2) is 11.5 Å². The number of nitrogens with one attached hydrogen (secondary N) is 2. The first-order chi connectivity index (χ1) is 13.8. The van der Waals surface area contributed by atoms with Gasteiger partial charge in [-0.2, -0.15) is 0 Å². The van der Waals surface area contributed by atoms with Gasteiger partial charge in [-0.3, -0.25) is 19.1 Å². The Morgan fingerprint density at radius 3 is 2.69 bits per heavy atom. The van der Waals surface area contributed by atoms with Crippen molar-refractivity contribution in [2.24, 2.45) is 7.05 Å². The summed E-state index contributed by atoms with van der Waals surface area (Å²) in [5, 5.41) is 2.79. The third-order valence-electron chi connectivity index (χ3n) is 4.41. The van der Waals surface area contributed by atoms with Gasteiger partial charge in [-0.1, -0.05) is 6.07 Å². The number of aromatic amines is 1. The van der Waals surface area contributed by atoms with E-state index in [9.17, 15) is 14.4 Å². The number of nitrogens with zero attached hydrogens (tertiary/aromatic N) is 2. The number of rotatable bonds is 6. The molecule has 0 fully saturated rings. The second kappa shape index (κ2) is 8.17. The minimum Gasteiger partial charge on any atom is -0.493 e. The lowest BCUT2D eigenvalue weighted by molar-refractivity contribution is 0.0948. The van der Waals surface area contributed by atoms with Crippen LogP contribution in [0.15, 0.2) is 33.9 Å². The fourth-order valence-corrected chi connectivity index (χ4v) is 2.96. The lowest BCUT2D eigenvalue weighted by Gasteiger charge is -2.12. The van der Waals surface area contributed by atoms with E-state index in [0.717, 1.165) is 5.56 Å². The van der Waals surface area contributed by atoms with Gasteiger partial charge in [0.05, 0.1) is 24.6 Å². The predicted molar refractivity (Wildman–Crippen MR) is 108 cm³/mol. The zero-order valence-electron chi connectivity index (χ0n) is 16.7. The number of benzene rings is 1. The highest BCUT2D eigenvalue weighted by Crippen LogP contribution is 2.27. The van der Waals surface area contributed by atoms with Crippen molar-refractivity contribution >= 4 is 16.9 Å². The van der Waals surface area contributed by atoms with Gasteiger partial charge in [0.1, 0.15) is 12.3 Å². The van der Waals surface area contributed by atoms with Crippen LogP contribution in [0.4, 0.5) is 0 Å². The molecule has 1 aromatic carbocycles. The molecule has 2 N–H and O–H groups in total. The molecule has 0 aliphatic rings. The third-order valence-corrected chi connectivity index (χ3v) is 4.41. The summed E-state index contributed by atoms with van der Waals surface area (Å²) in [7, 11) is 3.04. The Hall–Kier alpha value is -3.62. The highest BCUT2D eigenvalue weighted by molar-refractivity contribution is 6.05. The van der Waals surface area contributed by atoms with E-state index in [1.165, 1.54) is 17.7 Å². The van der Waals surface area contributed by atoms with E-state index in [2.05, 4.69) is 15.3 Å². The standard InChI is InChI=1S/C20H22N4O5/c1-11-5-6-14(15(9-11)28-4)29-8-7-21-18(25)13-10-12(2)22-17-16(13)19(26)23-20(27)24(17)3/h5-6,9-10H,7-8H2,1-4H3,(H,21,25)(H,23,26,27). The summed E-state index contributed by atoms with van der Waals surface area (Å²) in [5.41, 5.74) is 0.626. The summed E-state index contributed by atoms with van der Waals surface area (Å²) in [5.74, 6) is 0.729. The molecule has 9 heteroatoms. The van der Waals surface area contributed by atoms with Crippen LogP contribution in [0.1, 0.15) is 21.6 Å². The molecule has 2 aromatic heterocycles. The van der Waals surface area contributed by atoms with Crippen molar-refractivity contribution in [2.75, 3.05) is 20.3 Å². The highest BCUT2D eigenvalue weighted by Gasteiger charge is 2.17. The van der Waals surface area contributed by atoms with Crippen molar-refractivity contribution in [3.8, 4) is 11.5 Å². The van der Waals surface area contributed by atoms with Gasteiger partial charge in [0, 0.05) is 12.7 Å². The van der Waals surface area contributed by atoms with Crippen molar-refractivity contribution < 1.29 is 14.3 Å². The summed E-state index contributed by atoms with van der Waals surface area (Å²) >= 11 is 0. The molecule has 1 amide bonds. The maximum atomic E-state index is 12.7. The molecule has 0 saturated carbocycles. The van der Waals surface area contributed by atoms with Gasteiger partial charge in [-0.05, 0) is 37.6 Å². The number of amides is 1. The number of carbonyl (C=O) groups is 1. The van der Waals surface area contributed by atoms with Crippen molar-refractivity contribution in [2.45, 2.75) is 13.8 Å². The van der Waals surface area contributed by atoms with E-state index in [4.69, 9.17) is 9.47 Å². The second-order valence-electron chi connectivity index (χ2n) is 6.59. The number of aromatic nitrogens is 3. The number of aryl methyl sites for hydroxylation is 3. The lowest BCUT2D eigenvalue weighted by Crippen LogP contribution is -2.33. The molecule has 3 rings (SSSR count). The number of pyridine rings is 1. The molecular weight excluding hydrogens is 376 g/mol. The summed E-state index contributed by atoms with van der Waals surface area (Å²) < 4.78 is 12.2. The molecule has 3 aromatic rings. The van der Waals surface area contributed by atoms with Gasteiger partial charge in [0.2, 0.25) is 0 Å². The number of ether oxygens (including phenoxy) is 2. The first kappa shape index (κ1) is 20.1. The molecule has 29 heavy (non-hydrogen) atoms. The summed E-state index contributed by atoms with van der Waals surface area (Å²) in [6.07, 6.45) is 0. The topological polar surface area (TPSA) is 115 Å². The monoisotopic (exact) mass is 398 g/mol. The summed E-state index contributed by atoms with van der Waals surface area (Å²) in [4.78, 5) is 43.2. The van der Waals surface area contributed by atoms with Crippen LogP contribution in [-0.4, -0.2) is 40.7 Å². The van der Waals surface area contributed by atoms with Crippen molar-refractivity contribution in [1.29, 1.82) is 0 Å². The smallest absolute Gasteiger partial charge is 0.329 e. The minimum absolute atomic E-state index is 0.0660. The molecule has 0 unspecified atom stereocenters. The Labute approximate surface area is 166 Å². The second-order valence-corrected chi connectivity index (χ2v) is 6.59. The summed E-state index contributed by atoms with van der Waals surface area (Å²) in [6, 6.07) is 7.08. The van der Waals surface area contributed by atoms with Crippen LogP contribution in [0.3, 0.4) is 0 Å². The normalized spacial score (nSPS) is 10.8. The van der Waals surface area contributed by atoms with E-state index >= 15 is 0 Å². The van der Waals surface area contributed by atoms with Crippen LogP contribution in [0.2, 0.25) is 0 Å². The van der Waals surface area contributed by atoms with Crippen molar-refractivity contribution in [1.82, 2.24) is 19.9 Å². The number of methoxy groups -OCH3 is 1. The average Bonchev–Trinajstić information content (AvgIpc) is 2.69. The molecular formula is C20H22N4O5. The average molecular weight is 398 g/mol. The fourth-order valence-electron chi connectivity index (χ4n) is 2.96. The predicted octanol–water partition coefficient (Wildman–Crippen LogP) is 1.06.